The summed E-state index contributed by atoms with van der Waals surface area (Å²) in [5, 5.41) is 9.30. The van der Waals surface area contributed by atoms with Crippen molar-refractivity contribution in [3.05, 3.63) is 11.6 Å². The summed E-state index contributed by atoms with van der Waals surface area (Å²) in [6.07, 6.45) is 7.41. The zero-order chi connectivity index (χ0) is 11.1. The first-order valence-corrected chi connectivity index (χ1v) is 6.00. The number of carboxylic acids is 1. The second-order valence-corrected chi connectivity index (χ2v) is 5.41. The molecule has 0 heterocycles. The molecule has 1 saturated carbocycles. The average molecular weight is 208 g/mol. The maximum absolute atomic E-state index is 11.3. The van der Waals surface area contributed by atoms with Gasteiger partial charge in [-0.1, -0.05) is 19.9 Å². The van der Waals surface area contributed by atoms with Crippen molar-refractivity contribution in [3.63, 3.8) is 0 Å². The molecule has 2 aliphatic carbocycles. The van der Waals surface area contributed by atoms with Crippen LogP contribution in [0, 0.1) is 17.3 Å². The highest BCUT2D eigenvalue weighted by molar-refractivity contribution is 5.88. The van der Waals surface area contributed by atoms with Gasteiger partial charge in [-0.2, -0.15) is 0 Å². The van der Waals surface area contributed by atoms with Crippen molar-refractivity contribution in [2.24, 2.45) is 17.3 Å². The predicted molar refractivity (Wildman–Crippen MR) is 59.6 cm³/mol. The van der Waals surface area contributed by atoms with Gasteiger partial charge in [-0.15, -0.1) is 0 Å². The van der Waals surface area contributed by atoms with E-state index in [-0.39, 0.29) is 5.41 Å². The van der Waals surface area contributed by atoms with Gasteiger partial charge in [-0.05, 0) is 43.9 Å². The molecule has 15 heavy (non-hydrogen) atoms. The van der Waals surface area contributed by atoms with Crippen LogP contribution >= 0.6 is 0 Å². The molecule has 84 valence electrons. The monoisotopic (exact) mass is 208 g/mol. The second-order valence-electron chi connectivity index (χ2n) is 5.41. The Balaban J connectivity index is 2.36. The Morgan fingerprint density at radius 3 is 2.73 bits per heavy atom. The lowest BCUT2D eigenvalue weighted by molar-refractivity contribution is -0.134. The first-order chi connectivity index (χ1) is 7.06. The van der Waals surface area contributed by atoms with E-state index in [0.29, 0.717) is 17.4 Å². The van der Waals surface area contributed by atoms with Crippen LogP contribution in [0.5, 0.6) is 0 Å². The van der Waals surface area contributed by atoms with E-state index in [4.69, 9.17) is 0 Å². The van der Waals surface area contributed by atoms with Gasteiger partial charge in [0.1, 0.15) is 0 Å². The molecule has 1 fully saturated rings. The molecule has 2 rings (SSSR count). The molecule has 2 nitrogen and oxygen atoms in total. The van der Waals surface area contributed by atoms with Gasteiger partial charge in [0.25, 0.3) is 0 Å². The Morgan fingerprint density at radius 2 is 2.20 bits per heavy atom. The van der Waals surface area contributed by atoms with Gasteiger partial charge in [0, 0.05) is 11.0 Å². The zero-order valence-electron chi connectivity index (χ0n) is 9.62. The minimum Gasteiger partial charge on any atom is -0.478 e. The normalized spacial score (nSPS) is 40.5. The lowest BCUT2D eigenvalue weighted by atomic mass is 9.64. The number of carboxylic acid groups (broad SMARTS) is 1. The molecule has 3 atom stereocenters. The van der Waals surface area contributed by atoms with Gasteiger partial charge < -0.3 is 5.11 Å². The Kier molecular flexibility index (Phi) is 2.61. The molecule has 0 aromatic carbocycles. The molecular formula is C13H20O2. The van der Waals surface area contributed by atoms with Crippen molar-refractivity contribution >= 4 is 5.97 Å². The Morgan fingerprint density at radius 1 is 1.47 bits per heavy atom. The lowest BCUT2D eigenvalue weighted by Gasteiger charge is -2.39. The molecule has 2 aliphatic rings. The molecule has 1 spiro atoms. The summed E-state index contributed by atoms with van der Waals surface area (Å²) in [6.45, 7) is 4.48. The van der Waals surface area contributed by atoms with E-state index >= 15 is 0 Å². The largest absolute Gasteiger partial charge is 0.478 e. The standard InChI is InChI=1S/C13H20O2/c1-9-6-7-13(8-9)10(2)4-3-5-11(13)12(14)15/h5,9-10H,3-4,6-8H2,1-2H3,(H,14,15)/t9-,10+,13+/m0/s1. The minimum absolute atomic E-state index is 0.00347. The van der Waals surface area contributed by atoms with Crippen molar-refractivity contribution in [2.75, 3.05) is 0 Å². The Hall–Kier alpha value is -0.790. The highest BCUT2D eigenvalue weighted by Gasteiger charge is 2.47. The minimum atomic E-state index is -0.685. The third-order valence-electron chi connectivity index (χ3n) is 4.45. The van der Waals surface area contributed by atoms with Gasteiger partial charge in [0.2, 0.25) is 0 Å². The molecule has 0 amide bonds. The van der Waals surface area contributed by atoms with E-state index in [9.17, 15) is 9.90 Å². The van der Waals surface area contributed by atoms with Crippen LogP contribution in [0.3, 0.4) is 0 Å². The average Bonchev–Trinajstić information content (AvgIpc) is 2.54. The van der Waals surface area contributed by atoms with Gasteiger partial charge >= 0.3 is 5.97 Å². The van der Waals surface area contributed by atoms with E-state index in [0.717, 1.165) is 25.7 Å². The van der Waals surface area contributed by atoms with Crippen LogP contribution < -0.4 is 0 Å². The summed E-state index contributed by atoms with van der Waals surface area (Å²) in [5.41, 5.74) is 0.717. The third kappa shape index (κ3) is 1.60. The molecule has 0 bridgehead atoms. The number of hydrogen-bond donors (Lipinski definition) is 1. The second kappa shape index (κ2) is 3.66. The Bertz CT molecular complexity index is 306. The van der Waals surface area contributed by atoms with Crippen molar-refractivity contribution in [1.29, 1.82) is 0 Å². The fraction of sp³-hybridized carbons (Fsp3) is 0.769. The zero-order valence-corrected chi connectivity index (χ0v) is 9.62. The summed E-state index contributed by atoms with van der Waals surface area (Å²) in [4.78, 5) is 11.3. The Labute approximate surface area is 91.4 Å². The number of carbonyl (C=O) groups is 1. The molecule has 2 heteroatoms. The molecule has 0 saturated heterocycles. The summed E-state index contributed by atoms with van der Waals surface area (Å²) in [6, 6.07) is 0. The van der Waals surface area contributed by atoms with E-state index < -0.39 is 5.97 Å². The molecule has 0 unspecified atom stereocenters. The number of rotatable bonds is 1. The number of hydrogen-bond acceptors (Lipinski definition) is 1. The smallest absolute Gasteiger partial charge is 0.331 e. The van der Waals surface area contributed by atoms with Crippen molar-refractivity contribution in [1.82, 2.24) is 0 Å². The fourth-order valence-corrected chi connectivity index (χ4v) is 3.55. The van der Waals surface area contributed by atoms with Gasteiger partial charge in [-0.3, -0.25) is 0 Å². The van der Waals surface area contributed by atoms with Crippen LogP contribution in [-0.2, 0) is 4.79 Å². The van der Waals surface area contributed by atoms with Crippen LogP contribution in [0.15, 0.2) is 11.6 Å². The molecule has 0 radical (unpaired) electrons. The molecule has 0 aliphatic heterocycles. The van der Waals surface area contributed by atoms with Gasteiger partial charge in [0.05, 0.1) is 0 Å². The van der Waals surface area contributed by atoms with Crippen molar-refractivity contribution < 1.29 is 9.90 Å². The topological polar surface area (TPSA) is 37.3 Å². The van der Waals surface area contributed by atoms with Crippen LogP contribution in [-0.4, -0.2) is 11.1 Å². The first kappa shape index (κ1) is 10.7. The highest BCUT2D eigenvalue weighted by Crippen LogP contribution is 2.55. The van der Waals surface area contributed by atoms with Crippen molar-refractivity contribution in [2.45, 2.75) is 46.0 Å². The summed E-state index contributed by atoms with van der Waals surface area (Å²) >= 11 is 0. The van der Waals surface area contributed by atoms with Crippen molar-refractivity contribution in [3.8, 4) is 0 Å². The van der Waals surface area contributed by atoms with Crippen LogP contribution in [0.4, 0.5) is 0 Å². The van der Waals surface area contributed by atoms with E-state index in [1.807, 2.05) is 6.08 Å². The quantitative estimate of drug-likeness (QED) is 0.718. The van der Waals surface area contributed by atoms with E-state index in [2.05, 4.69) is 13.8 Å². The molecule has 0 aromatic rings. The van der Waals surface area contributed by atoms with Crippen LogP contribution in [0.25, 0.3) is 0 Å². The SMILES string of the molecule is C[C@H]1CC[C@]2(C1)C(C(=O)O)=CCC[C@H]2C. The first-order valence-electron chi connectivity index (χ1n) is 6.00. The van der Waals surface area contributed by atoms with Gasteiger partial charge in [-0.25, -0.2) is 4.79 Å². The summed E-state index contributed by atoms with van der Waals surface area (Å²) in [7, 11) is 0. The van der Waals surface area contributed by atoms with E-state index in [1.165, 1.54) is 6.42 Å². The molecular weight excluding hydrogens is 188 g/mol. The third-order valence-corrected chi connectivity index (χ3v) is 4.45. The highest BCUT2D eigenvalue weighted by atomic mass is 16.4. The lowest BCUT2D eigenvalue weighted by Crippen LogP contribution is -2.34. The summed E-state index contributed by atoms with van der Waals surface area (Å²) in [5.74, 6) is 0.544. The van der Waals surface area contributed by atoms with Crippen LogP contribution in [0.1, 0.15) is 46.0 Å². The fourth-order valence-electron chi connectivity index (χ4n) is 3.55. The number of aliphatic carboxylic acids is 1. The van der Waals surface area contributed by atoms with Crippen LogP contribution in [0.2, 0.25) is 0 Å². The molecule has 1 N–H and O–H groups in total. The van der Waals surface area contributed by atoms with Gasteiger partial charge in [0.15, 0.2) is 0 Å². The van der Waals surface area contributed by atoms with E-state index in [1.54, 1.807) is 0 Å². The predicted octanol–water partition coefficient (Wildman–Crippen LogP) is 3.23. The maximum Gasteiger partial charge on any atom is 0.331 e. The maximum atomic E-state index is 11.3. The number of allylic oxidation sites excluding steroid dienone is 1. The summed E-state index contributed by atoms with van der Waals surface area (Å²) < 4.78 is 0. The molecule has 0 aromatic heterocycles.